The molecule has 2 heteroatoms. The van der Waals surface area contributed by atoms with E-state index in [1.165, 1.54) is 5.56 Å². The van der Waals surface area contributed by atoms with E-state index in [0.29, 0.717) is 25.2 Å². The number of rotatable bonds is 3. The van der Waals surface area contributed by atoms with Crippen molar-refractivity contribution in [2.24, 2.45) is 0 Å². The number of ketones is 1. The van der Waals surface area contributed by atoms with E-state index in [-0.39, 0.29) is 5.41 Å². The Bertz CT molecular complexity index is 397. The van der Waals surface area contributed by atoms with Crippen LogP contribution in [0.4, 0.5) is 0 Å². The molecule has 1 atom stereocenters. The molecule has 0 bridgehead atoms. The number of hydrogen-bond acceptors (Lipinski definition) is 2. The molecule has 2 nitrogen and oxygen atoms in total. The summed E-state index contributed by atoms with van der Waals surface area (Å²) in [7, 11) is 0. The Balaban J connectivity index is 2.35. The molecule has 0 amide bonds. The normalized spacial score (nSPS) is 24.8. The average molecular weight is 218 g/mol. The van der Waals surface area contributed by atoms with E-state index >= 15 is 0 Å². The fourth-order valence-corrected chi connectivity index (χ4v) is 2.50. The van der Waals surface area contributed by atoms with Gasteiger partial charge < -0.3 is 4.74 Å². The van der Waals surface area contributed by atoms with Crippen molar-refractivity contribution >= 4 is 5.78 Å². The Labute approximate surface area is 96.6 Å². The molecule has 1 fully saturated rings. The second kappa shape index (κ2) is 4.28. The van der Waals surface area contributed by atoms with E-state index in [2.05, 4.69) is 13.0 Å². The molecular formula is C14H18O2. The smallest absolute Gasteiger partial charge is 0.133 e. The minimum atomic E-state index is -0.0250. The maximum atomic E-state index is 11.5. The number of Topliss-reactive ketones (excluding diaryl/α,β-unsaturated/α-hetero) is 1. The number of para-hydroxylation sites is 1. The van der Waals surface area contributed by atoms with Crippen LogP contribution >= 0.6 is 0 Å². The molecule has 1 aromatic carbocycles. The highest BCUT2D eigenvalue weighted by molar-refractivity contribution is 5.83. The molecule has 86 valence electrons. The Morgan fingerprint density at radius 2 is 2.12 bits per heavy atom. The lowest BCUT2D eigenvalue weighted by atomic mass is 9.80. The van der Waals surface area contributed by atoms with E-state index in [0.717, 1.165) is 12.2 Å². The molecule has 0 N–H and O–H groups in total. The first kappa shape index (κ1) is 11.2. The molecule has 0 aromatic heterocycles. The summed E-state index contributed by atoms with van der Waals surface area (Å²) in [6.07, 6.45) is 2.30. The molecule has 1 aromatic rings. The highest BCUT2D eigenvalue weighted by Gasteiger charge is 2.37. The Morgan fingerprint density at radius 1 is 1.38 bits per heavy atom. The van der Waals surface area contributed by atoms with Gasteiger partial charge in [-0.3, -0.25) is 4.79 Å². The van der Waals surface area contributed by atoms with Gasteiger partial charge in [0.15, 0.2) is 0 Å². The van der Waals surface area contributed by atoms with Crippen molar-refractivity contribution in [3.05, 3.63) is 29.8 Å². The predicted molar refractivity (Wildman–Crippen MR) is 63.8 cm³/mol. The lowest BCUT2D eigenvalue weighted by Crippen LogP contribution is -2.19. The predicted octanol–water partition coefficient (Wildman–Crippen LogP) is 3.10. The second-order valence-corrected chi connectivity index (χ2v) is 4.71. The van der Waals surface area contributed by atoms with Gasteiger partial charge in [0.1, 0.15) is 11.5 Å². The molecule has 2 rings (SSSR count). The van der Waals surface area contributed by atoms with Crippen LogP contribution < -0.4 is 4.74 Å². The third kappa shape index (κ3) is 1.97. The summed E-state index contributed by atoms with van der Waals surface area (Å²) in [6, 6.07) is 8.08. The standard InChI is InChI=1S/C14H18O2/c1-3-16-13-7-5-4-6-12(13)14(2)9-8-11(15)10-14/h4-7H,3,8-10H2,1-2H3. The van der Waals surface area contributed by atoms with Crippen molar-refractivity contribution in [3.63, 3.8) is 0 Å². The van der Waals surface area contributed by atoms with E-state index < -0.39 is 0 Å². The first-order valence-corrected chi connectivity index (χ1v) is 5.90. The molecule has 1 aliphatic carbocycles. The summed E-state index contributed by atoms with van der Waals surface area (Å²) in [6.45, 7) is 4.82. The van der Waals surface area contributed by atoms with Crippen molar-refractivity contribution in [2.75, 3.05) is 6.61 Å². The molecule has 0 spiro atoms. The van der Waals surface area contributed by atoms with Gasteiger partial charge in [-0.15, -0.1) is 0 Å². The highest BCUT2D eigenvalue weighted by Crippen LogP contribution is 2.42. The van der Waals surface area contributed by atoms with Crippen LogP contribution in [0.1, 0.15) is 38.7 Å². The van der Waals surface area contributed by atoms with Crippen molar-refractivity contribution < 1.29 is 9.53 Å². The Hall–Kier alpha value is -1.31. The van der Waals surface area contributed by atoms with Gasteiger partial charge in [-0.05, 0) is 19.4 Å². The van der Waals surface area contributed by atoms with Crippen LogP contribution in [0, 0.1) is 0 Å². The van der Waals surface area contributed by atoms with Crippen LogP contribution in [-0.2, 0) is 10.2 Å². The van der Waals surface area contributed by atoms with Gasteiger partial charge in [-0.2, -0.15) is 0 Å². The third-order valence-corrected chi connectivity index (χ3v) is 3.38. The zero-order valence-electron chi connectivity index (χ0n) is 9.95. The van der Waals surface area contributed by atoms with Crippen molar-refractivity contribution in [3.8, 4) is 5.75 Å². The number of ether oxygens (including phenoxy) is 1. The summed E-state index contributed by atoms with van der Waals surface area (Å²) in [5, 5.41) is 0. The summed E-state index contributed by atoms with van der Waals surface area (Å²) < 4.78 is 5.64. The summed E-state index contributed by atoms with van der Waals surface area (Å²) in [5.74, 6) is 1.30. The van der Waals surface area contributed by atoms with E-state index in [4.69, 9.17) is 4.74 Å². The molecule has 1 unspecified atom stereocenters. The first-order valence-electron chi connectivity index (χ1n) is 5.90. The Kier molecular flexibility index (Phi) is 2.99. The summed E-state index contributed by atoms with van der Waals surface area (Å²) >= 11 is 0. The number of benzene rings is 1. The van der Waals surface area contributed by atoms with Crippen LogP contribution in [-0.4, -0.2) is 12.4 Å². The number of carbonyl (C=O) groups excluding carboxylic acids is 1. The van der Waals surface area contributed by atoms with Gasteiger partial charge >= 0.3 is 0 Å². The largest absolute Gasteiger partial charge is 0.494 e. The van der Waals surface area contributed by atoms with Gasteiger partial charge in [0.2, 0.25) is 0 Å². The van der Waals surface area contributed by atoms with Gasteiger partial charge in [-0.25, -0.2) is 0 Å². The van der Waals surface area contributed by atoms with Crippen LogP contribution in [0.5, 0.6) is 5.75 Å². The molecule has 1 saturated carbocycles. The maximum Gasteiger partial charge on any atom is 0.133 e. The van der Waals surface area contributed by atoms with E-state index in [1.54, 1.807) is 0 Å². The highest BCUT2D eigenvalue weighted by atomic mass is 16.5. The minimum absolute atomic E-state index is 0.0250. The van der Waals surface area contributed by atoms with E-state index in [9.17, 15) is 4.79 Å². The first-order chi connectivity index (χ1) is 7.65. The Morgan fingerprint density at radius 3 is 2.75 bits per heavy atom. The van der Waals surface area contributed by atoms with Crippen LogP contribution in [0.15, 0.2) is 24.3 Å². The van der Waals surface area contributed by atoms with Gasteiger partial charge in [-0.1, -0.05) is 25.1 Å². The average Bonchev–Trinajstić information content (AvgIpc) is 2.61. The monoisotopic (exact) mass is 218 g/mol. The summed E-state index contributed by atoms with van der Waals surface area (Å²) in [5.41, 5.74) is 1.16. The fraction of sp³-hybridized carbons (Fsp3) is 0.500. The van der Waals surface area contributed by atoms with Gasteiger partial charge in [0.05, 0.1) is 6.61 Å². The molecular weight excluding hydrogens is 200 g/mol. The molecule has 0 saturated heterocycles. The number of hydrogen-bond donors (Lipinski definition) is 0. The van der Waals surface area contributed by atoms with Crippen LogP contribution in [0.3, 0.4) is 0 Å². The fourth-order valence-electron chi connectivity index (χ4n) is 2.50. The minimum Gasteiger partial charge on any atom is -0.494 e. The maximum absolute atomic E-state index is 11.5. The zero-order chi connectivity index (χ0) is 11.6. The summed E-state index contributed by atoms with van der Waals surface area (Å²) in [4.78, 5) is 11.5. The van der Waals surface area contributed by atoms with Crippen molar-refractivity contribution in [1.82, 2.24) is 0 Å². The third-order valence-electron chi connectivity index (χ3n) is 3.38. The second-order valence-electron chi connectivity index (χ2n) is 4.71. The van der Waals surface area contributed by atoms with Crippen molar-refractivity contribution in [2.45, 2.75) is 38.5 Å². The molecule has 0 aliphatic heterocycles. The molecule has 16 heavy (non-hydrogen) atoms. The topological polar surface area (TPSA) is 26.3 Å². The number of carbonyl (C=O) groups is 1. The van der Waals surface area contributed by atoms with Gasteiger partial charge in [0, 0.05) is 23.8 Å². The van der Waals surface area contributed by atoms with Gasteiger partial charge in [0.25, 0.3) is 0 Å². The zero-order valence-corrected chi connectivity index (χ0v) is 9.95. The van der Waals surface area contributed by atoms with E-state index in [1.807, 2.05) is 25.1 Å². The lowest BCUT2D eigenvalue weighted by molar-refractivity contribution is -0.117. The van der Waals surface area contributed by atoms with Crippen LogP contribution in [0.2, 0.25) is 0 Å². The van der Waals surface area contributed by atoms with Crippen molar-refractivity contribution in [1.29, 1.82) is 0 Å². The van der Waals surface area contributed by atoms with Crippen LogP contribution in [0.25, 0.3) is 0 Å². The molecule has 0 radical (unpaired) electrons. The quantitative estimate of drug-likeness (QED) is 0.779. The SMILES string of the molecule is CCOc1ccccc1C1(C)CCC(=O)C1. The lowest BCUT2D eigenvalue weighted by Gasteiger charge is -2.25. The molecule has 0 heterocycles. The molecule has 1 aliphatic rings.